The van der Waals surface area contributed by atoms with Crippen molar-refractivity contribution >= 4 is 5.91 Å². The lowest BCUT2D eigenvalue weighted by Crippen LogP contribution is -2.45. The summed E-state index contributed by atoms with van der Waals surface area (Å²) in [6.45, 7) is 2.06. The Morgan fingerprint density at radius 1 is 1.38 bits per heavy atom. The first kappa shape index (κ1) is 12.3. The van der Waals surface area contributed by atoms with Gasteiger partial charge in [-0.25, -0.2) is 0 Å². The van der Waals surface area contributed by atoms with E-state index in [4.69, 9.17) is 15.9 Å². The van der Waals surface area contributed by atoms with Crippen molar-refractivity contribution in [2.24, 2.45) is 5.73 Å². The molecule has 0 rings (SSSR count). The maximum absolute atomic E-state index is 11.4. The highest BCUT2D eigenvalue weighted by Crippen LogP contribution is 1.96. The molecular formula is C8H18N2O3. The van der Waals surface area contributed by atoms with E-state index in [0.717, 1.165) is 0 Å². The van der Waals surface area contributed by atoms with Crippen LogP contribution in [0.2, 0.25) is 0 Å². The van der Waals surface area contributed by atoms with Crippen LogP contribution in [0.3, 0.4) is 0 Å². The predicted molar refractivity (Wildman–Crippen MR) is 49.0 cm³/mol. The smallest absolute Gasteiger partial charge is 0.239 e. The van der Waals surface area contributed by atoms with Crippen LogP contribution in [0.4, 0.5) is 0 Å². The van der Waals surface area contributed by atoms with Crippen LogP contribution in [0, 0.1) is 0 Å². The van der Waals surface area contributed by atoms with Gasteiger partial charge in [-0.2, -0.15) is 0 Å². The molecule has 0 radical (unpaired) electrons. The van der Waals surface area contributed by atoms with E-state index in [-0.39, 0.29) is 32.2 Å². The number of hydrogen-bond acceptors (Lipinski definition) is 4. The molecule has 0 fully saturated rings. The van der Waals surface area contributed by atoms with E-state index in [1.54, 1.807) is 0 Å². The summed E-state index contributed by atoms with van der Waals surface area (Å²) >= 11 is 0. The Morgan fingerprint density at radius 3 is 2.15 bits per heavy atom. The SMILES string of the molecule is CC[C@@H](N)C(=O)N(CCO)CCO. The van der Waals surface area contributed by atoms with Crippen molar-refractivity contribution in [2.45, 2.75) is 19.4 Å². The number of rotatable bonds is 6. The lowest BCUT2D eigenvalue weighted by Gasteiger charge is -2.23. The van der Waals surface area contributed by atoms with Crippen LogP contribution in [-0.2, 0) is 4.79 Å². The third-order valence-electron chi connectivity index (χ3n) is 1.81. The molecule has 0 aliphatic heterocycles. The topological polar surface area (TPSA) is 86.8 Å². The summed E-state index contributed by atoms with van der Waals surface area (Å²) in [7, 11) is 0. The molecule has 0 aliphatic rings. The first-order chi connectivity index (χ1) is 6.17. The van der Waals surface area contributed by atoms with Gasteiger partial charge in [-0.05, 0) is 6.42 Å². The molecule has 0 heterocycles. The molecular weight excluding hydrogens is 172 g/mol. The van der Waals surface area contributed by atoms with Crippen LogP contribution in [0.1, 0.15) is 13.3 Å². The largest absolute Gasteiger partial charge is 0.395 e. The third kappa shape index (κ3) is 4.21. The van der Waals surface area contributed by atoms with Gasteiger partial charge in [0.15, 0.2) is 0 Å². The van der Waals surface area contributed by atoms with Gasteiger partial charge in [-0.3, -0.25) is 4.79 Å². The lowest BCUT2D eigenvalue weighted by molar-refractivity contribution is -0.133. The second-order valence-electron chi connectivity index (χ2n) is 2.79. The molecule has 0 aliphatic carbocycles. The summed E-state index contributed by atoms with van der Waals surface area (Å²) in [5.41, 5.74) is 5.52. The van der Waals surface area contributed by atoms with Gasteiger partial charge < -0.3 is 20.8 Å². The summed E-state index contributed by atoms with van der Waals surface area (Å²) in [6.07, 6.45) is 0.562. The summed E-state index contributed by atoms with van der Waals surface area (Å²) < 4.78 is 0. The monoisotopic (exact) mass is 190 g/mol. The molecule has 4 N–H and O–H groups in total. The minimum absolute atomic E-state index is 0.109. The Balaban J connectivity index is 4.09. The Kier molecular flexibility index (Phi) is 6.48. The molecule has 0 spiro atoms. The van der Waals surface area contributed by atoms with Crippen molar-refractivity contribution in [1.29, 1.82) is 0 Å². The van der Waals surface area contributed by atoms with E-state index >= 15 is 0 Å². The van der Waals surface area contributed by atoms with Gasteiger partial charge in [-0.15, -0.1) is 0 Å². The molecule has 0 saturated heterocycles. The van der Waals surface area contributed by atoms with Gasteiger partial charge in [0.05, 0.1) is 19.3 Å². The standard InChI is InChI=1S/C8H18N2O3/c1-2-7(9)8(13)10(3-5-11)4-6-12/h7,11-12H,2-6,9H2,1H3/t7-/m1/s1. The maximum atomic E-state index is 11.4. The molecule has 0 unspecified atom stereocenters. The highest BCUT2D eigenvalue weighted by Gasteiger charge is 2.18. The van der Waals surface area contributed by atoms with E-state index < -0.39 is 6.04 Å². The van der Waals surface area contributed by atoms with Gasteiger partial charge in [0.2, 0.25) is 5.91 Å². The van der Waals surface area contributed by atoms with Crippen molar-refractivity contribution in [3.63, 3.8) is 0 Å². The molecule has 0 aromatic carbocycles. The fourth-order valence-electron chi connectivity index (χ4n) is 0.983. The fraction of sp³-hybridized carbons (Fsp3) is 0.875. The van der Waals surface area contributed by atoms with E-state index in [1.807, 2.05) is 6.92 Å². The van der Waals surface area contributed by atoms with Gasteiger partial charge >= 0.3 is 0 Å². The van der Waals surface area contributed by atoms with E-state index in [9.17, 15) is 4.79 Å². The van der Waals surface area contributed by atoms with Crippen molar-refractivity contribution in [3.8, 4) is 0 Å². The van der Waals surface area contributed by atoms with E-state index in [0.29, 0.717) is 6.42 Å². The Morgan fingerprint density at radius 2 is 1.85 bits per heavy atom. The normalized spacial score (nSPS) is 12.6. The second kappa shape index (κ2) is 6.82. The van der Waals surface area contributed by atoms with Crippen LogP contribution in [-0.4, -0.2) is 53.4 Å². The molecule has 5 nitrogen and oxygen atoms in total. The zero-order valence-electron chi connectivity index (χ0n) is 7.94. The minimum Gasteiger partial charge on any atom is -0.395 e. The maximum Gasteiger partial charge on any atom is 0.239 e. The van der Waals surface area contributed by atoms with Gasteiger partial charge in [0, 0.05) is 13.1 Å². The molecule has 0 aromatic rings. The summed E-state index contributed by atoms with van der Waals surface area (Å²) in [4.78, 5) is 12.8. The summed E-state index contributed by atoms with van der Waals surface area (Å²) in [5.74, 6) is -0.217. The van der Waals surface area contributed by atoms with Gasteiger partial charge in [0.25, 0.3) is 0 Å². The van der Waals surface area contributed by atoms with Crippen LogP contribution < -0.4 is 5.73 Å². The first-order valence-corrected chi connectivity index (χ1v) is 4.43. The number of hydrogen-bond donors (Lipinski definition) is 3. The predicted octanol–water partition coefficient (Wildman–Crippen LogP) is -1.46. The van der Waals surface area contributed by atoms with Crippen molar-refractivity contribution in [1.82, 2.24) is 4.90 Å². The number of carbonyl (C=O) groups is 1. The molecule has 0 saturated carbocycles. The van der Waals surface area contributed by atoms with Crippen LogP contribution in [0.15, 0.2) is 0 Å². The average molecular weight is 190 g/mol. The fourth-order valence-corrected chi connectivity index (χ4v) is 0.983. The number of aliphatic hydroxyl groups excluding tert-OH is 2. The molecule has 1 atom stereocenters. The Hall–Kier alpha value is -0.650. The van der Waals surface area contributed by atoms with E-state index in [2.05, 4.69) is 0 Å². The zero-order chi connectivity index (χ0) is 10.3. The van der Waals surface area contributed by atoms with Crippen molar-refractivity contribution in [3.05, 3.63) is 0 Å². The van der Waals surface area contributed by atoms with Gasteiger partial charge in [0.1, 0.15) is 0 Å². The van der Waals surface area contributed by atoms with Crippen LogP contribution in [0.5, 0.6) is 0 Å². The van der Waals surface area contributed by atoms with Crippen LogP contribution >= 0.6 is 0 Å². The lowest BCUT2D eigenvalue weighted by atomic mass is 10.2. The third-order valence-corrected chi connectivity index (χ3v) is 1.81. The quantitative estimate of drug-likeness (QED) is 0.477. The molecule has 5 heteroatoms. The zero-order valence-corrected chi connectivity index (χ0v) is 7.94. The van der Waals surface area contributed by atoms with E-state index in [1.165, 1.54) is 4.90 Å². The molecule has 0 bridgehead atoms. The average Bonchev–Trinajstić information content (AvgIpc) is 2.15. The molecule has 0 aromatic heterocycles. The number of nitrogens with two attached hydrogens (primary N) is 1. The van der Waals surface area contributed by atoms with Crippen molar-refractivity contribution < 1.29 is 15.0 Å². The number of amides is 1. The van der Waals surface area contributed by atoms with Gasteiger partial charge in [-0.1, -0.05) is 6.92 Å². The molecule has 78 valence electrons. The summed E-state index contributed by atoms with van der Waals surface area (Å²) in [5, 5.41) is 17.3. The van der Waals surface area contributed by atoms with Crippen molar-refractivity contribution in [2.75, 3.05) is 26.3 Å². The minimum atomic E-state index is -0.530. The number of aliphatic hydroxyl groups is 2. The number of carbonyl (C=O) groups excluding carboxylic acids is 1. The van der Waals surface area contributed by atoms with Crippen LogP contribution in [0.25, 0.3) is 0 Å². The molecule has 1 amide bonds. The number of nitrogens with zero attached hydrogens (tertiary/aromatic N) is 1. The Bertz CT molecular complexity index is 146. The highest BCUT2D eigenvalue weighted by atomic mass is 16.3. The highest BCUT2D eigenvalue weighted by molar-refractivity contribution is 5.81. The molecule has 13 heavy (non-hydrogen) atoms. The first-order valence-electron chi connectivity index (χ1n) is 4.43. The Labute approximate surface area is 78.1 Å². The summed E-state index contributed by atoms with van der Waals surface area (Å²) in [6, 6.07) is -0.530. The second-order valence-corrected chi connectivity index (χ2v) is 2.79.